The van der Waals surface area contributed by atoms with Gasteiger partial charge in [0.2, 0.25) is 5.91 Å². The Morgan fingerprint density at radius 1 is 1.43 bits per heavy atom. The number of furan rings is 1. The molecule has 1 atom stereocenters. The minimum absolute atomic E-state index is 0.0330. The van der Waals surface area contributed by atoms with E-state index in [-0.39, 0.29) is 11.9 Å². The van der Waals surface area contributed by atoms with Crippen molar-refractivity contribution in [3.63, 3.8) is 0 Å². The molecule has 4 rings (SSSR count). The number of hydrogen-bond acceptors (Lipinski definition) is 6. The molecule has 23 heavy (non-hydrogen) atoms. The van der Waals surface area contributed by atoms with Crippen LogP contribution < -0.4 is 10.2 Å². The summed E-state index contributed by atoms with van der Waals surface area (Å²) in [5.41, 5.74) is 0.963. The summed E-state index contributed by atoms with van der Waals surface area (Å²) in [4.78, 5) is 24.3. The van der Waals surface area contributed by atoms with Crippen LogP contribution in [0.3, 0.4) is 0 Å². The number of fused-ring (bicyclic) bond motifs is 1. The van der Waals surface area contributed by atoms with Crippen molar-refractivity contribution >= 4 is 33.3 Å². The van der Waals surface area contributed by atoms with Crippen molar-refractivity contribution in [2.45, 2.75) is 25.4 Å². The Hall–Kier alpha value is -2.41. The minimum Gasteiger partial charge on any atom is -0.472 e. The summed E-state index contributed by atoms with van der Waals surface area (Å²) < 4.78 is 5.02. The molecule has 7 heteroatoms. The summed E-state index contributed by atoms with van der Waals surface area (Å²) in [7, 11) is 0. The summed E-state index contributed by atoms with van der Waals surface area (Å²) in [6, 6.07) is 3.69. The summed E-state index contributed by atoms with van der Waals surface area (Å²) in [6.07, 6.45) is 6.66. The SMILES string of the molecule is O=C(NCc1ccoc1)C1CCCN1c1ncnc2sccc12. The van der Waals surface area contributed by atoms with Crippen molar-refractivity contribution in [2.24, 2.45) is 0 Å². The molecule has 1 unspecified atom stereocenters. The zero-order valence-electron chi connectivity index (χ0n) is 12.4. The quantitative estimate of drug-likeness (QED) is 0.797. The molecule has 1 fully saturated rings. The number of hydrogen-bond donors (Lipinski definition) is 1. The second kappa shape index (κ2) is 6.00. The third-order valence-electron chi connectivity index (χ3n) is 4.12. The van der Waals surface area contributed by atoms with Gasteiger partial charge in [0.05, 0.1) is 17.9 Å². The molecule has 1 aliphatic heterocycles. The number of anilines is 1. The van der Waals surface area contributed by atoms with Crippen molar-refractivity contribution < 1.29 is 9.21 Å². The fourth-order valence-electron chi connectivity index (χ4n) is 3.00. The van der Waals surface area contributed by atoms with Crippen molar-refractivity contribution in [1.29, 1.82) is 0 Å². The molecular formula is C16H16N4O2S. The average Bonchev–Trinajstić information content (AvgIpc) is 3.32. The fraction of sp³-hybridized carbons (Fsp3) is 0.312. The van der Waals surface area contributed by atoms with Gasteiger partial charge in [-0.3, -0.25) is 4.79 Å². The van der Waals surface area contributed by atoms with E-state index in [2.05, 4.69) is 20.2 Å². The van der Waals surface area contributed by atoms with E-state index in [0.717, 1.165) is 41.0 Å². The van der Waals surface area contributed by atoms with Crippen LogP contribution in [-0.2, 0) is 11.3 Å². The maximum absolute atomic E-state index is 12.6. The monoisotopic (exact) mass is 328 g/mol. The van der Waals surface area contributed by atoms with Crippen LogP contribution >= 0.6 is 11.3 Å². The molecule has 118 valence electrons. The largest absolute Gasteiger partial charge is 0.472 e. The second-order valence-electron chi connectivity index (χ2n) is 5.54. The highest BCUT2D eigenvalue weighted by Crippen LogP contribution is 2.31. The van der Waals surface area contributed by atoms with Gasteiger partial charge in [-0.15, -0.1) is 11.3 Å². The smallest absolute Gasteiger partial charge is 0.243 e. The van der Waals surface area contributed by atoms with Gasteiger partial charge in [0.25, 0.3) is 0 Å². The lowest BCUT2D eigenvalue weighted by Gasteiger charge is -2.25. The van der Waals surface area contributed by atoms with E-state index in [1.54, 1.807) is 30.2 Å². The Bertz CT molecular complexity index is 814. The first kappa shape index (κ1) is 14.2. The normalized spacial score (nSPS) is 17.7. The Balaban J connectivity index is 1.54. The Morgan fingerprint density at radius 3 is 3.26 bits per heavy atom. The number of carbonyl (C=O) groups excluding carboxylic acids is 1. The van der Waals surface area contributed by atoms with Gasteiger partial charge in [-0.1, -0.05) is 0 Å². The molecule has 1 amide bonds. The van der Waals surface area contributed by atoms with Crippen LogP contribution in [0.2, 0.25) is 0 Å². The van der Waals surface area contributed by atoms with E-state index in [1.165, 1.54) is 0 Å². The van der Waals surface area contributed by atoms with Gasteiger partial charge in [-0.25, -0.2) is 9.97 Å². The van der Waals surface area contributed by atoms with E-state index in [9.17, 15) is 4.79 Å². The number of amides is 1. The van der Waals surface area contributed by atoms with Gasteiger partial charge in [0.1, 0.15) is 23.0 Å². The molecule has 0 aromatic carbocycles. The zero-order chi connectivity index (χ0) is 15.6. The number of nitrogens with zero attached hydrogens (tertiary/aromatic N) is 3. The number of aromatic nitrogens is 2. The van der Waals surface area contributed by atoms with E-state index >= 15 is 0 Å². The van der Waals surface area contributed by atoms with E-state index < -0.39 is 0 Å². The fourth-order valence-corrected chi connectivity index (χ4v) is 3.73. The molecule has 0 bridgehead atoms. The highest BCUT2D eigenvalue weighted by Gasteiger charge is 2.32. The van der Waals surface area contributed by atoms with Crippen LogP contribution in [0.25, 0.3) is 10.2 Å². The van der Waals surface area contributed by atoms with Crippen LogP contribution in [0, 0.1) is 0 Å². The maximum atomic E-state index is 12.6. The first-order valence-corrected chi connectivity index (χ1v) is 8.44. The molecule has 0 spiro atoms. The molecule has 4 heterocycles. The summed E-state index contributed by atoms with van der Waals surface area (Å²) in [6.45, 7) is 1.32. The Kier molecular flexibility index (Phi) is 3.70. The third kappa shape index (κ3) is 2.68. The highest BCUT2D eigenvalue weighted by atomic mass is 32.1. The lowest BCUT2D eigenvalue weighted by Crippen LogP contribution is -2.43. The predicted octanol–water partition coefficient (Wildman–Crippen LogP) is 2.57. The number of nitrogens with one attached hydrogen (secondary N) is 1. The average molecular weight is 328 g/mol. The summed E-state index contributed by atoms with van der Waals surface area (Å²) in [5, 5.41) is 6.01. The van der Waals surface area contributed by atoms with Crippen molar-refractivity contribution in [3.8, 4) is 0 Å². The Morgan fingerprint density at radius 2 is 2.39 bits per heavy atom. The highest BCUT2D eigenvalue weighted by molar-refractivity contribution is 7.16. The van der Waals surface area contributed by atoms with Crippen LogP contribution in [0.5, 0.6) is 0 Å². The van der Waals surface area contributed by atoms with E-state index in [0.29, 0.717) is 6.54 Å². The molecule has 0 saturated carbocycles. The van der Waals surface area contributed by atoms with Crippen LogP contribution in [-0.4, -0.2) is 28.5 Å². The molecule has 3 aromatic heterocycles. The molecule has 0 aliphatic carbocycles. The first-order chi connectivity index (χ1) is 11.3. The molecule has 0 radical (unpaired) electrons. The number of carbonyl (C=O) groups is 1. The van der Waals surface area contributed by atoms with Gasteiger partial charge >= 0.3 is 0 Å². The molecule has 1 N–H and O–H groups in total. The minimum atomic E-state index is -0.181. The van der Waals surface area contributed by atoms with Gasteiger partial charge in [-0.2, -0.15) is 0 Å². The molecule has 6 nitrogen and oxygen atoms in total. The van der Waals surface area contributed by atoms with E-state index in [4.69, 9.17) is 4.42 Å². The van der Waals surface area contributed by atoms with Gasteiger partial charge in [0, 0.05) is 18.7 Å². The van der Waals surface area contributed by atoms with Gasteiger partial charge in [0.15, 0.2) is 0 Å². The van der Waals surface area contributed by atoms with Crippen molar-refractivity contribution in [1.82, 2.24) is 15.3 Å². The first-order valence-electron chi connectivity index (χ1n) is 7.56. The van der Waals surface area contributed by atoms with Gasteiger partial charge in [-0.05, 0) is 30.4 Å². The maximum Gasteiger partial charge on any atom is 0.243 e. The van der Waals surface area contributed by atoms with Gasteiger partial charge < -0.3 is 14.6 Å². The van der Waals surface area contributed by atoms with Crippen LogP contribution in [0.4, 0.5) is 5.82 Å². The summed E-state index contributed by atoms with van der Waals surface area (Å²) in [5.74, 6) is 0.892. The van der Waals surface area contributed by atoms with E-state index in [1.807, 2.05) is 17.5 Å². The van der Waals surface area contributed by atoms with Crippen LogP contribution in [0.1, 0.15) is 18.4 Å². The Labute approximate surface area is 137 Å². The van der Waals surface area contributed by atoms with Crippen molar-refractivity contribution in [2.75, 3.05) is 11.4 Å². The predicted molar refractivity (Wildman–Crippen MR) is 88.3 cm³/mol. The second-order valence-corrected chi connectivity index (χ2v) is 6.43. The molecule has 3 aromatic rings. The van der Waals surface area contributed by atoms with Crippen LogP contribution in [0.15, 0.2) is 40.8 Å². The van der Waals surface area contributed by atoms with Crippen molar-refractivity contribution in [3.05, 3.63) is 41.9 Å². The number of thiophene rings is 1. The molecule has 1 saturated heterocycles. The lowest BCUT2D eigenvalue weighted by atomic mass is 10.2. The zero-order valence-corrected chi connectivity index (χ0v) is 13.3. The third-order valence-corrected chi connectivity index (χ3v) is 4.94. The molecule has 1 aliphatic rings. The topological polar surface area (TPSA) is 71.3 Å². The standard InChI is InChI=1S/C16H16N4O2S/c21-15(17-8-11-3-6-22-9-11)13-2-1-5-20(13)14-12-4-7-23-16(12)19-10-18-14/h3-4,6-7,9-10,13H,1-2,5,8H2,(H,17,21). The molecular weight excluding hydrogens is 312 g/mol. The summed E-state index contributed by atoms with van der Waals surface area (Å²) >= 11 is 1.59. The lowest BCUT2D eigenvalue weighted by molar-refractivity contribution is -0.122. The number of rotatable bonds is 4.